The normalized spacial score (nSPS) is 26.6. The number of ether oxygens (including phenoxy) is 3. The molecule has 6 rings (SSSR count). The Hall–Kier alpha value is -3.07. The van der Waals surface area contributed by atoms with Crippen LogP contribution in [-0.4, -0.2) is 77.1 Å². The summed E-state index contributed by atoms with van der Waals surface area (Å²) in [6.07, 6.45) is 5.06. The van der Waals surface area contributed by atoms with Gasteiger partial charge >= 0.3 is 6.18 Å². The van der Waals surface area contributed by atoms with Crippen molar-refractivity contribution in [3.63, 3.8) is 0 Å². The van der Waals surface area contributed by atoms with Crippen LogP contribution in [0.4, 0.5) is 19.0 Å². The zero-order valence-corrected chi connectivity index (χ0v) is 27.2. The Kier molecular flexibility index (Phi) is 10.2. The predicted octanol–water partition coefficient (Wildman–Crippen LogP) is 5.36. The zero-order chi connectivity index (χ0) is 32.2. The third kappa shape index (κ3) is 8.21. The van der Waals surface area contributed by atoms with Gasteiger partial charge in [0.15, 0.2) is 10.7 Å². The number of carbonyl (C=O) groups excluding carboxylic acids is 1. The van der Waals surface area contributed by atoms with Crippen molar-refractivity contribution in [1.82, 2.24) is 20.5 Å². The number of hydrogen-bond donors (Lipinski definition) is 3. The van der Waals surface area contributed by atoms with Crippen molar-refractivity contribution in [2.45, 2.75) is 53.7 Å². The molecule has 3 N–H and O–H groups in total. The van der Waals surface area contributed by atoms with E-state index in [4.69, 9.17) is 14.2 Å². The minimum atomic E-state index is -4.33. The second-order valence-corrected chi connectivity index (χ2v) is 14.0. The minimum Gasteiger partial charge on any atom is -0.492 e. The third-order valence-corrected chi connectivity index (χ3v) is 10.3. The Bertz CT molecular complexity index is 1430. The van der Waals surface area contributed by atoms with Crippen LogP contribution in [0.25, 0.3) is 0 Å². The standard InChI is InChI=1S/C18H22F3N3S.C13H16N2O4S/c1-22-17-16(24-9-8-14(11-24)25-2)7-6-15(23-17)12-4-3-5-13(10-12)18(19,20)21;1-12(2)18-7-13(19-12)10(20-13)6-17-9-3-4-14-11(5-9)15-8-16/h3-7,10,14-15,22-23H,8-9,11H2,1-2H3;3-5,8,10H,6-7H2,1-2H3,(H,14,15,16). The third-order valence-electron chi connectivity index (χ3n) is 7.80. The summed E-state index contributed by atoms with van der Waals surface area (Å²) in [5, 5.41) is 9.86. The number of dihydropyridines is 1. The van der Waals surface area contributed by atoms with E-state index in [1.165, 1.54) is 12.1 Å². The van der Waals surface area contributed by atoms with E-state index in [0.29, 0.717) is 42.0 Å². The molecule has 1 amide bonds. The van der Waals surface area contributed by atoms with Gasteiger partial charge in [-0.15, -0.1) is 11.8 Å². The largest absolute Gasteiger partial charge is 0.492 e. The number of halogens is 3. The monoisotopic (exact) mass is 665 g/mol. The van der Waals surface area contributed by atoms with Crippen LogP contribution in [-0.2, 0) is 20.4 Å². The molecular formula is C31H38F3N5O4S2. The van der Waals surface area contributed by atoms with E-state index in [0.717, 1.165) is 37.1 Å². The Morgan fingerprint density at radius 1 is 1.29 bits per heavy atom. The molecule has 3 fully saturated rings. The fourth-order valence-corrected chi connectivity index (χ4v) is 7.18. The highest BCUT2D eigenvalue weighted by molar-refractivity contribution is 8.08. The molecule has 14 heteroatoms. The van der Waals surface area contributed by atoms with E-state index in [-0.39, 0.29) is 16.2 Å². The first kappa shape index (κ1) is 33.3. The van der Waals surface area contributed by atoms with Crippen LogP contribution in [0, 0.1) is 0 Å². The average Bonchev–Trinajstić information content (AvgIpc) is 3.31. The highest BCUT2D eigenvalue weighted by atomic mass is 32.2. The topological polar surface area (TPSA) is 97.0 Å². The van der Waals surface area contributed by atoms with E-state index >= 15 is 0 Å². The lowest BCUT2D eigenvalue weighted by atomic mass is 10.0. The number of amides is 1. The molecule has 4 atom stereocenters. The summed E-state index contributed by atoms with van der Waals surface area (Å²) in [7, 11) is 1.83. The summed E-state index contributed by atoms with van der Waals surface area (Å²) in [5.74, 6) is 1.48. The Labute approximate surface area is 269 Å². The number of pyridine rings is 1. The maximum atomic E-state index is 12.9. The molecule has 45 heavy (non-hydrogen) atoms. The van der Waals surface area contributed by atoms with Crippen LogP contribution in [0.5, 0.6) is 5.75 Å². The quantitative estimate of drug-likeness (QED) is 0.240. The van der Waals surface area contributed by atoms with Gasteiger partial charge in [0.1, 0.15) is 24.0 Å². The summed E-state index contributed by atoms with van der Waals surface area (Å²) in [6, 6.07) is 8.64. The molecule has 0 radical (unpaired) electrons. The zero-order valence-electron chi connectivity index (χ0n) is 25.5. The minimum absolute atomic E-state index is 0.250. The number of aromatic nitrogens is 1. The number of anilines is 1. The average molecular weight is 666 g/mol. The first-order valence-corrected chi connectivity index (χ1v) is 16.7. The number of allylic oxidation sites excluding steroid dienone is 1. The number of nitrogens with one attached hydrogen (secondary N) is 3. The predicted molar refractivity (Wildman–Crippen MR) is 171 cm³/mol. The molecule has 0 aliphatic carbocycles. The molecule has 1 spiro atoms. The molecule has 9 nitrogen and oxygen atoms in total. The lowest BCUT2D eigenvalue weighted by molar-refractivity contribution is -0.139. The second-order valence-electron chi connectivity index (χ2n) is 11.4. The lowest BCUT2D eigenvalue weighted by Gasteiger charge is -2.30. The van der Waals surface area contributed by atoms with E-state index in [1.807, 2.05) is 44.8 Å². The molecule has 1 aromatic carbocycles. The number of likely N-dealkylation sites (tertiary alicyclic amines) is 1. The Morgan fingerprint density at radius 3 is 2.78 bits per heavy atom. The van der Waals surface area contributed by atoms with E-state index in [1.54, 1.807) is 36.2 Å². The van der Waals surface area contributed by atoms with Crippen molar-refractivity contribution in [2.24, 2.45) is 0 Å². The number of rotatable bonds is 9. The van der Waals surface area contributed by atoms with Gasteiger partial charge in [0.05, 0.1) is 29.2 Å². The van der Waals surface area contributed by atoms with Crippen LogP contribution in [0.15, 0.2) is 66.3 Å². The molecule has 1 aromatic heterocycles. The van der Waals surface area contributed by atoms with Gasteiger partial charge in [-0.05, 0) is 56.4 Å². The van der Waals surface area contributed by atoms with E-state index in [2.05, 4.69) is 32.1 Å². The Balaban J connectivity index is 0.000000182. The van der Waals surface area contributed by atoms with Crippen molar-refractivity contribution in [3.8, 4) is 5.75 Å². The lowest BCUT2D eigenvalue weighted by Crippen LogP contribution is -2.35. The molecule has 5 heterocycles. The van der Waals surface area contributed by atoms with Crippen molar-refractivity contribution in [2.75, 3.05) is 44.9 Å². The number of nitrogens with zero attached hydrogens (tertiary/aromatic N) is 2. The molecule has 0 saturated carbocycles. The summed E-state index contributed by atoms with van der Waals surface area (Å²) >= 11 is 3.60. The van der Waals surface area contributed by atoms with Crippen molar-refractivity contribution < 1.29 is 32.2 Å². The first-order valence-electron chi connectivity index (χ1n) is 14.6. The number of carbonyl (C=O) groups is 1. The maximum Gasteiger partial charge on any atom is 0.416 e. The highest BCUT2D eigenvalue weighted by Crippen LogP contribution is 2.59. The number of benzene rings is 1. The highest BCUT2D eigenvalue weighted by Gasteiger charge is 2.64. The van der Waals surface area contributed by atoms with Crippen LogP contribution in [0.3, 0.4) is 0 Å². The van der Waals surface area contributed by atoms with Gasteiger partial charge in [0.2, 0.25) is 6.41 Å². The van der Waals surface area contributed by atoms with Gasteiger partial charge in [0.25, 0.3) is 0 Å². The second kappa shape index (κ2) is 13.7. The fourth-order valence-electron chi connectivity index (χ4n) is 5.40. The smallest absolute Gasteiger partial charge is 0.416 e. The van der Waals surface area contributed by atoms with Crippen LogP contribution < -0.4 is 20.7 Å². The molecule has 4 aliphatic rings. The van der Waals surface area contributed by atoms with Gasteiger partial charge in [-0.25, -0.2) is 4.98 Å². The number of thioether (sulfide) groups is 2. The fraction of sp³-hybridized carbons (Fsp3) is 0.484. The van der Waals surface area contributed by atoms with E-state index in [9.17, 15) is 18.0 Å². The van der Waals surface area contributed by atoms with Crippen LogP contribution >= 0.6 is 23.5 Å². The van der Waals surface area contributed by atoms with Crippen LogP contribution in [0.2, 0.25) is 0 Å². The summed E-state index contributed by atoms with van der Waals surface area (Å²) in [5.41, 5.74) is 1.05. The van der Waals surface area contributed by atoms with Gasteiger partial charge in [-0.1, -0.05) is 18.2 Å². The van der Waals surface area contributed by atoms with Gasteiger partial charge < -0.3 is 35.1 Å². The van der Waals surface area contributed by atoms with Crippen LogP contribution in [0.1, 0.15) is 37.4 Å². The number of hydrogen-bond acceptors (Lipinski definition) is 10. The SMILES string of the molecule is CC1(C)OCC2(O1)SC2COc1ccnc(NC=O)c1.CNC1=C(N2CCC(SC)C2)C=CC(c2cccc(C(F)(F)F)c2)N1. The van der Waals surface area contributed by atoms with Gasteiger partial charge in [-0.3, -0.25) is 4.79 Å². The maximum absolute atomic E-state index is 12.9. The van der Waals surface area contributed by atoms with Gasteiger partial charge in [0, 0.05) is 37.7 Å². The molecule has 3 saturated heterocycles. The Morgan fingerprint density at radius 2 is 2.11 bits per heavy atom. The summed E-state index contributed by atoms with van der Waals surface area (Å²) < 4.78 is 56.1. The number of alkyl halides is 3. The van der Waals surface area contributed by atoms with Crippen molar-refractivity contribution in [3.05, 3.63) is 77.4 Å². The molecule has 4 aliphatic heterocycles. The van der Waals surface area contributed by atoms with E-state index < -0.39 is 17.5 Å². The van der Waals surface area contributed by atoms with Crippen molar-refractivity contribution >= 4 is 35.8 Å². The molecule has 2 aromatic rings. The summed E-state index contributed by atoms with van der Waals surface area (Å²) in [6.45, 7) is 6.94. The van der Waals surface area contributed by atoms with Crippen molar-refractivity contribution in [1.29, 1.82) is 0 Å². The molecule has 244 valence electrons. The first-order chi connectivity index (χ1) is 21.4. The molecule has 4 unspecified atom stereocenters. The molecular weight excluding hydrogens is 628 g/mol. The summed E-state index contributed by atoms with van der Waals surface area (Å²) in [4.78, 5) is 16.4. The van der Waals surface area contributed by atoms with Gasteiger partial charge in [-0.2, -0.15) is 24.9 Å². The molecule has 0 bridgehead atoms.